The topological polar surface area (TPSA) is 62.3 Å². The van der Waals surface area contributed by atoms with E-state index in [1.54, 1.807) is 24.4 Å². The number of aromatic nitrogens is 1. The van der Waals surface area contributed by atoms with Crippen molar-refractivity contribution in [3.05, 3.63) is 36.5 Å². The highest BCUT2D eigenvalue weighted by atomic mass is 19.4. The van der Waals surface area contributed by atoms with Gasteiger partial charge in [-0.2, -0.15) is 13.2 Å². The molecule has 0 aliphatic carbocycles. The van der Waals surface area contributed by atoms with Gasteiger partial charge in [0.05, 0.1) is 11.2 Å². The molecular weight excluding hydrogens is 323 g/mol. The summed E-state index contributed by atoms with van der Waals surface area (Å²) in [5, 5.41) is 3.40. The molecule has 1 aromatic carbocycles. The number of hydrogen-bond donors (Lipinski definition) is 1. The van der Waals surface area contributed by atoms with Gasteiger partial charge >= 0.3 is 12.1 Å². The van der Waals surface area contributed by atoms with Crippen molar-refractivity contribution in [2.75, 3.05) is 11.9 Å². The number of fused-ring (bicyclic) bond motifs is 1. The highest BCUT2D eigenvalue weighted by Gasteiger charge is 2.47. The number of rotatable bonds is 2. The van der Waals surface area contributed by atoms with E-state index >= 15 is 0 Å². The minimum absolute atomic E-state index is 0.0791. The van der Waals surface area contributed by atoms with Crippen LogP contribution in [0.25, 0.3) is 10.9 Å². The van der Waals surface area contributed by atoms with Crippen LogP contribution in [0.1, 0.15) is 12.8 Å². The Kier molecular flexibility index (Phi) is 4.13. The summed E-state index contributed by atoms with van der Waals surface area (Å²) in [6.45, 7) is -0.0791. The van der Waals surface area contributed by atoms with Gasteiger partial charge in [-0.15, -0.1) is 0 Å². The molecule has 2 aromatic rings. The third-order valence-corrected chi connectivity index (χ3v) is 3.95. The van der Waals surface area contributed by atoms with E-state index in [1.807, 2.05) is 12.1 Å². The molecule has 1 N–H and O–H groups in total. The molecule has 2 amide bonds. The van der Waals surface area contributed by atoms with Crippen LogP contribution < -0.4 is 5.32 Å². The first-order valence-electron chi connectivity index (χ1n) is 7.40. The van der Waals surface area contributed by atoms with Crippen molar-refractivity contribution in [2.45, 2.75) is 25.1 Å². The van der Waals surface area contributed by atoms with E-state index < -0.39 is 24.0 Å². The van der Waals surface area contributed by atoms with E-state index in [2.05, 4.69) is 10.3 Å². The van der Waals surface area contributed by atoms with Crippen LogP contribution in [0.2, 0.25) is 0 Å². The van der Waals surface area contributed by atoms with E-state index in [1.165, 1.54) is 0 Å². The zero-order valence-corrected chi connectivity index (χ0v) is 12.5. The zero-order chi connectivity index (χ0) is 17.3. The van der Waals surface area contributed by atoms with E-state index in [0.29, 0.717) is 22.5 Å². The minimum Gasteiger partial charge on any atom is -0.323 e. The number of para-hydroxylation sites is 1. The molecule has 1 aliphatic rings. The molecule has 2 heterocycles. The van der Waals surface area contributed by atoms with Crippen LogP contribution in [0.3, 0.4) is 0 Å². The number of pyridine rings is 1. The number of hydrogen-bond acceptors (Lipinski definition) is 3. The number of carbonyl (C=O) groups is 2. The van der Waals surface area contributed by atoms with Gasteiger partial charge in [0, 0.05) is 18.1 Å². The number of likely N-dealkylation sites (tertiary alicyclic amines) is 1. The summed E-state index contributed by atoms with van der Waals surface area (Å²) >= 11 is 0. The average molecular weight is 337 g/mol. The number of benzene rings is 1. The normalized spacial score (nSPS) is 18.0. The van der Waals surface area contributed by atoms with Crippen molar-refractivity contribution in [3.63, 3.8) is 0 Å². The van der Waals surface area contributed by atoms with Crippen LogP contribution in [0.15, 0.2) is 36.5 Å². The quantitative estimate of drug-likeness (QED) is 0.916. The summed E-state index contributed by atoms with van der Waals surface area (Å²) in [6, 6.07) is 7.58. The number of alkyl halides is 3. The van der Waals surface area contributed by atoms with Gasteiger partial charge in [-0.05, 0) is 25.0 Å². The van der Waals surface area contributed by atoms with Gasteiger partial charge in [-0.3, -0.25) is 14.6 Å². The van der Waals surface area contributed by atoms with Gasteiger partial charge in [-0.25, -0.2) is 0 Å². The fourth-order valence-electron chi connectivity index (χ4n) is 2.87. The van der Waals surface area contributed by atoms with Crippen LogP contribution in [-0.2, 0) is 9.59 Å². The Labute approximate surface area is 135 Å². The number of nitrogens with one attached hydrogen (secondary N) is 1. The molecule has 0 saturated carbocycles. The molecule has 1 saturated heterocycles. The van der Waals surface area contributed by atoms with Gasteiger partial charge in [0.15, 0.2) is 0 Å². The monoisotopic (exact) mass is 337 g/mol. The molecule has 0 radical (unpaired) electrons. The first-order valence-corrected chi connectivity index (χ1v) is 7.40. The molecule has 0 spiro atoms. The molecule has 0 unspecified atom stereocenters. The Hall–Kier alpha value is -2.64. The highest BCUT2D eigenvalue weighted by Crippen LogP contribution is 2.27. The molecule has 1 aliphatic heterocycles. The first kappa shape index (κ1) is 16.2. The maximum atomic E-state index is 12.6. The highest BCUT2D eigenvalue weighted by molar-refractivity contribution is 6.03. The lowest BCUT2D eigenvalue weighted by molar-refractivity contribution is -0.186. The van der Waals surface area contributed by atoms with Crippen molar-refractivity contribution >= 4 is 28.4 Å². The lowest BCUT2D eigenvalue weighted by Crippen LogP contribution is -2.48. The molecule has 0 bridgehead atoms. The van der Waals surface area contributed by atoms with E-state index in [9.17, 15) is 22.8 Å². The minimum atomic E-state index is -4.98. The van der Waals surface area contributed by atoms with E-state index in [0.717, 1.165) is 5.39 Å². The number of nitrogens with zero attached hydrogens (tertiary/aromatic N) is 2. The molecule has 24 heavy (non-hydrogen) atoms. The lowest BCUT2D eigenvalue weighted by atomic mass is 10.1. The van der Waals surface area contributed by atoms with Gasteiger partial charge in [-0.1, -0.05) is 18.2 Å². The van der Waals surface area contributed by atoms with Gasteiger partial charge < -0.3 is 10.2 Å². The molecule has 1 atom stereocenters. The summed E-state index contributed by atoms with van der Waals surface area (Å²) in [5.74, 6) is -2.61. The van der Waals surface area contributed by atoms with E-state index in [-0.39, 0.29) is 13.0 Å². The van der Waals surface area contributed by atoms with Crippen LogP contribution in [-0.4, -0.2) is 40.5 Å². The molecule has 126 valence electrons. The summed E-state index contributed by atoms with van der Waals surface area (Å²) < 4.78 is 37.9. The summed E-state index contributed by atoms with van der Waals surface area (Å²) in [5.41, 5.74) is 0.949. The largest absolute Gasteiger partial charge is 0.471 e. The summed E-state index contributed by atoms with van der Waals surface area (Å²) in [6.07, 6.45) is -2.86. The van der Waals surface area contributed by atoms with Gasteiger partial charge in [0.25, 0.3) is 0 Å². The van der Waals surface area contributed by atoms with Crippen LogP contribution in [0, 0.1) is 0 Å². The van der Waals surface area contributed by atoms with Crippen molar-refractivity contribution < 1.29 is 22.8 Å². The van der Waals surface area contributed by atoms with Crippen LogP contribution in [0.5, 0.6) is 0 Å². The maximum Gasteiger partial charge on any atom is 0.471 e. The van der Waals surface area contributed by atoms with Crippen molar-refractivity contribution in [2.24, 2.45) is 0 Å². The maximum absolute atomic E-state index is 12.6. The standard InChI is InChI=1S/C16H14F3N3O2/c17-16(18,19)15(24)22-9-3-7-12(22)14(23)21-11-6-1-4-10-5-2-8-20-13(10)11/h1-2,4-6,8,12H,3,7,9H2,(H,21,23)/t12-/m1/s1. The number of halogens is 3. The van der Waals surface area contributed by atoms with E-state index in [4.69, 9.17) is 0 Å². The van der Waals surface area contributed by atoms with Crippen LogP contribution in [0.4, 0.5) is 18.9 Å². The van der Waals surface area contributed by atoms with Crippen molar-refractivity contribution in [3.8, 4) is 0 Å². The second kappa shape index (κ2) is 6.10. The lowest BCUT2D eigenvalue weighted by Gasteiger charge is -2.24. The second-order valence-electron chi connectivity index (χ2n) is 5.52. The Bertz CT molecular complexity index is 786. The molecule has 8 heteroatoms. The first-order chi connectivity index (χ1) is 11.4. The zero-order valence-electron chi connectivity index (χ0n) is 12.5. The predicted octanol–water partition coefficient (Wildman–Crippen LogP) is 2.73. The van der Waals surface area contributed by atoms with Gasteiger partial charge in [0.2, 0.25) is 5.91 Å². The second-order valence-corrected chi connectivity index (χ2v) is 5.52. The Morgan fingerprint density at radius 1 is 1.21 bits per heavy atom. The number of amides is 2. The summed E-state index contributed by atoms with van der Waals surface area (Å²) in [7, 11) is 0. The average Bonchev–Trinajstić information content (AvgIpc) is 3.03. The SMILES string of the molecule is O=C(Nc1cccc2cccnc12)[C@H]1CCCN1C(=O)C(F)(F)F. The Balaban J connectivity index is 1.82. The molecule has 5 nitrogen and oxygen atoms in total. The third-order valence-electron chi connectivity index (χ3n) is 3.95. The molecule has 3 rings (SSSR count). The van der Waals surface area contributed by atoms with Crippen molar-refractivity contribution in [1.82, 2.24) is 9.88 Å². The Morgan fingerprint density at radius 3 is 2.71 bits per heavy atom. The smallest absolute Gasteiger partial charge is 0.323 e. The predicted molar refractivity (Wildman–Crippen MR) is 81.2 cm³/mol. The Morgan fingerprint density at radius 2 is 1.96 bits per heavy atom. The molecule has 1 fully saturated rings. The molecular formula is C16H14F3N3O2. The van der Waals surface area contributed by atoms with Gasteiger partial charge in [0.1, 0.15) is 6.04 Å². The fraction of sp³-hybridized carbons (Fsp3) is 0.312. The number of anilines is 1. The van der Waals surface area contributed by atoms with Crippen LogP contribution >= 0.6 is 0 Å². The summed E-state index contributed by atoms with van der Waals surface area (Å²) in [4.78, 5) is 28.6. The van der Waals surface area contributed by atoms with Crippen molar-refractivity contribution in [1.29, 1.82) is 0 Å². The number of carbonyl (C=O) groups excluding carboxylic acids is 2. The molecule has 1 aromatic heterocycles. The third kappa shape index (κ3) is 3.04. The fourth-order valence-corrected chi connectivity index (χ4v) is 2.87.